The monoisotopic (exact) mass is 356 g/mol. The third-order valence-corrected chi connectivity index (χ3v) is 4.84. The number of rotatable bonds is 7. The average molecular weight is 356 g/mol. The summed E-state index contributed by atoms with van der Waals surface area (Å²) in [6, 6.07) is 0. The van der Waals surface area contributed by atoms with E-state index in [4.69, 9.17) is 0 Å². The highest BCUT2D eigenvalue weighted by molar-refractivity contribution is 5.78. The first-order chi connectivity index (χ1) is 12.6. The second kappa shape index (κ2) is 8.89. The van der Waals surface area contributed by atoms with Crippen molar-refractivity contribution in [2.75, 3.05) is 33.7 Å². The van der Waals surface area contributed by atoms with Crippen LogP contribution in [-0.2, 0) is 17.8 Å². The van der Waals surface area contributed by atoms with Gasteiger partial charge in [0.1, 0.15) is 5.82 Å². The predicted molar refractivity (Wildman–Crippen MR) is 99.7 cm³/mol. The van der Waals surface area contributed by atoms with Gasteiger partial charge in [-0.3, -0.25) is 14.8 Å². The van der Waals surface area contributed by atoms with Gasteiger partial charge in [-0.15, -0.1) is 0 Å². The van der Waals surface area contributed by atoms with Crippen LogP contribution in [0, 0.1) is 0 Å². The minimum Gasteiger partial charge on any atom is -0.342 e. The molecular formula is C19H28N6O. The molecule has 3 heterocycles. The van der Waals surface area contributed by atoms with Crippen LogP contribution in [0.4, 0.5) is 0 Å². The zero-order valence-electron chi connectivity index (χ0n) is 15.7. The number of carbonyl (C=O) groups excluding carboxylic acids is 1. The third kappa shape index (κ3) is 4.88. The van der Waals surface area contributed by atoms with Gasteiger partial charge in [0.05, 0.1) is 12.1 Å². The van der Waals surface area contributed by atoms with Crippen molar-refractivity contribution in [3.05, 3.63) is 42.5 Å². The highest BCUT2D eigenvalue weighted by Gasteiger charge is 2.27. The molecular weight excluding hydrogens is 328 g/mol. The molecule has 0 N–H and O–H groups in total. The molecule has 1 aliphatic heterocycles. The van der Waals surface area contributed by atoms with Crippen LogP contribution in [0.5, 0.6) is 0 Å². The summed E-state index contributed by atoms with van der Waals surface area (Å²) < 4.78 is 2.25. The van der Waals surface area contributed by atoms with Crippen LogP contribution in [-0.4, -0.2) is 69.0 Å². The molecule has 0 saturated carbocycles. The lowest BCUT2D eigenvalue weighted by Crippen LogP contribution is -2.40. The number of hydrogen-bond donors (Lipinski definition) is 0. The number of aromatic nitrogens is 4. The molecule has 3 rings (SSSR count). The Hall–Kier alpha value is -2.28. The van der Waals surface area contributed by atoms with E-state index in [1.807, 2.05) is 11.1 Å². The topological polar surface area (TPSA) is 67.2 Å². The highest BCUT2D eigenvalue weighted by atomic mass is 16.2. The number of likely N-dealkylation sites (tertiary alicyclic amines) is 1. The molecule has 0 spiro atoms. The highest BCUT2D eigenvalue weighted by Crippen LogP contribution is 2.26. The Balaban J connectivity index is 1.60. The van der Waals surface area contributed by atoms with Crippen LogP contribution in [0.15, 0.2) is 31.0 Å². The lowest BCUT2D eigenvalue weighted by molar-refractivity contribution is -0.131. The van der Waals surface area contributed by atoms with Gasteiger partial charge in [0.25, 0.3) is 0 Å². The van der Waals surface area contributed by atoms with Crippen molar-refractivity contribution in [3.8, 4) is 0 Å². The van der Waals surface area contributed by atoms with Crippen LogP contribution in [0.1, 0.15) is 36.7 Å². The summed E-state index contributed by atoms with van der Waals surface area (Å²) in [5.74, 6) is 1.55. The van der Waals surface area contributed by atoms with Crippen LogP contribution in [0.25, 0.3) is 0 Å². The minimum atomic E-state index is 0.126. The van der Waals surface area contributed by atoms with Gasteiger partial charge < -0.3 is 14.4 Å². The molecule has 7 heteroatoms. The van der Waals surface area contributed by atoms with Gasteiger partial charge >= 0.3 is 0 Å². The standard InChI is InChI=1S/C19H28N6O/c1-23(2)9-4-11-24-12-8-22-19(24)16-5-3-10-25(15-16)18(26)13-17-14-20-6-7-21-17/h6-8,12,14,16H,3-5,9-11,13,15H2,1-2H3. The van der Waals surface area contributed by atoms with Crippen molar-refractivity contribution in [2.45, 2.75) is 38.1 Å². The Morgan fingerprint density at radius 1 is 1.27 bits per heavy atom. The first kappa shape index (κ1) is 18.5. The van der Waals surface area contributed by atoms with Crippen molar-refractivity contribution in [2.24, 2.45) is 0 Å². The Morgan fingerprint density at radius 2 is 2.15 bits per heavy atom. The number of carbonyl (C=O) groups is 1. The summed E-state index contributed by atoms with van der Waals surface area (Å²) in [6.45, 7) is 3.59. The summed E-state index contributed by atoms with van der Waals surface area (Å²) in [4.78, 5) is 29.7. The number of hydrogen-bond acceptors (Lipinski definition) is 5. The summed E-state index contributed by atoms with van der Waals surface area (Å²) >= 11 is 0. The minimum absolute atomic E-state index is 0.126. The van der Waals surface area contributed by atoms with Crippen molar-refractivity contribution in [1.29, 1.82) is 0 Å². The van der Waals surface area contributed by atoms with Crippen molar-refractivity contribution < 1.29 is 4.79 Å². The number of nitrogens with zero attached hydrogens (tertiary/aromatic N) is 6. The zero-order chi connectivity index (χ0) is 18.4. The van der Waals surface area contributed by atoms with Gasteiger partial charge in [-0.25, -0.2) is 4.98 Å². The molecule has 0 aliphatic carbocycles. The second-order valence-corrected chi connectivity index (χ2v) is 7.19. The van der Waals surface area contributed by atoms with Crippen LogP contribution >= 0.6 is 0 Å². The summed E-state index contributed by atoms with van der Waals surface area (Å²) in [6.07, 6.45) is 12.4. The number of piperidine rings is 1. The largest absolute Gasteiger partial charge is 0.342 e. The fraction of sp³-hybridized carbons (Fsp3) is 0.579. The van der Waals surface area contributed by atoms with E-state index in [0.717, 1.165) is 57.0 Å². The smallest absolute Gasteiger partial charge is 0.228 e. The molecule has 1 fully saturated rings. The number of imidazole rings is 1. The summed E-state index contributed by atoms with van der Waals surface area (Å²) in [7, 11) is 4.19. The van der Waals surface area contributed by atoms with Gasteiger partial charge in [-0.05, 0) is 39.9 Å². The molecule has 26 heavy (non-hydrogen) atoms. The quantitative estimate of drug-likeness (QED) is 0.753. The molecule has 0 radical (unpaired) electrons. The van der Waals surface area contributed by atoms with E-state index in [1.165, 1.54) is 0 Å². The van der Waals surface area contributed by atoms with Gasteiger partial charge in [0, 0.05) is 56.5 Å². The fourth-order valence-corrected chi connectivity index (χ4v) is 3.53. The lowest BCUT2D eigenvalue weighted by atomic mass is 9.96. The van der Waals surface area contributed by atoms with E-state index in [9.17, 15) is 4.79 Å². The van der Waals surface area contributed by atoms with E-state index in [-0.39, 0.29) is 5.91 Å². The van der Waals surface area contributed by atoms with Crippen LogP contribution < -0.4 is 0 Å². The first-order valence-corrected chi connectivity index (χ1v) is 9.32. The second-order valence-electron chi connectivity index (χ2n) is 7.19. The summed E-state index contributed by atoms with van der Waals surface area (Å²) in [5, 5.41) is 0. The van der Waals surface area contributed by atoms with Gasteiger partial charge in [-0.1, -0.05) is 0 Å². The van der Waals surface area contributed by atoms with Crippen molar-refractivity contribution >= 4 is 5.91 Å². The summed E-state index contributed by atoms with van der Waals surface area (Å²) in [5.41, 5.74) is 0.727. The Labute approximate surface area is 155 Å². The van der Waals surface area contributed by atoms with Gasteiger partial charge in [0.15, 0.2) is 0 Å². The SMILES string of the molecule is CN(C)CCCn1ccnc1C1CCCN(C(=O)Cc2cnccn2)C1. The normalized spacial score (nSPS) is 17.7. The van der Waals surface area contributed by atoms with E-state index in [2.05, 4.69) is 44.7 Å². The molecule has 1 amide bonds. The number of amides is 1. The molecule has 1 aliphatic rings. The van der Waals surface area contributed by atoms with E-state index < -0.39 is 0 Å². The lowest BCUT2D eigenvalue weighted by Gasteiger charge is -2.32. The maximum absolute atomic E-state index is 12.6. The molecule has 1 unspecified atom stereocenters. The molecule has 140 valence electrons. The Kier molecular flexibility index (Phi) is 6.33. The first-order valence-electron chi connectivity index (χ1n) is 9.32. The molecule has 7 nitrogen and oxygen atoms in total. The zero-order valence-corrected chi connectivity index (χ0v) is 15.7. The van der Waals surface area contributed by atoms with Crippen LogP contribution in [0.3, 0.4) is 0 Å². The maximum Gasteiger partial charge on any atom is 0.228 e. The van der Waals surface area contributed by atoms with Crippen LogP contribution in [0.2, 0.25) is 0 Å². The molecule has 0 aromatic carbocycles. The Morgan fingerprint density at radius 3 is 2.92 bits per heavy atom. The van der Waals surface area contributed by atoms with Gasteiger partial charge in [-0.2, -0.15) is 0 Å². The van der Waals surface area contributed by atoms with E-state index in [1.54, 1.807) is 18.6 Å². The fourth-order valence-electron chi connectivity index (χ4n) is 3.53. The number of aryl methyl sites for hydroxylation is 1. The maximum atomic E-state index is 12.6. The molecule has 1 atom stereocenters. The Bertz CT molecular complexity index is 699. The predicted octanol–water partition coefficient (Wildman–Crippen LogP) is 1.57. The molecule has 2 aromatic rings. The molecule has 1 saturated heterocycles. The molecule has 2 aromatic heterocycles. The third-order valence-electron chi connectivity index (χ3n) is 4.84. The average Bonchev–Trinajstić information content (AvgIpc) is 3.11. The van der Waals surface area contributed by atoms with Crippen molar-refractivity contribution in [3.63, 3.8) is 0 Å². The molecule has 0 bridgehead atoms. The van der Waals surface area contributed by atoms with E-state index in [0.29, 0.717) is 12.3 Å². The van der Waals surface area contributed by atoms with E-state index >= 15 is 0 Å². The van der Waals surface area contributed by atoms with Gasteiger partial charge in [0.2, 0.25) is 5.91 Å². The van der Waals surface area contributed by atoms with Crippen molar-refractivity contribution in [1.82, 2.24) is 29.3 Å².